The van der Waals surface area contributed by atoms with E-state index >= 15 is 0 Å². The molecular weight excluding hydrogens is 362 g/mol. The monoisotopic (exact) mass is 377 g/mol. The van der Waals surface area contributed by atoms with Gasteiger partial charge in [0.15, 0.2) is 0 Å². The number of aliphatic carboxylic acids is 2. The van der Waals surface area contributed by atoms with Crippen molar-refractivity contribution < 1.29 is 29.4 Å². The van der Waals surface area contributed by atoms with Crippen molar-refractivity contribution in [1.29, 1.82) is 0 Å². The molecule has 10 heteroatoms. The third kappa shape index (κ3) is 7.06. The van der Waals surface area contributed by atoms with Crippen LogP contribution in [0, 0.1) is 0 Å². The number of amides is 1. The molecule has 7 nitrogen and oxygen atoms in total. The van der Waals surface area contributed by atoms with E-state index in [0.29, 0.717) is 4.88 Å². The van der Waals surface area contributed by atoms with Crippen molar-refractivity contribution in [2.45, 2.75) is 18.2 Å². The second-order valence-electron chi connectivity index (χ2n) is 4.33. The fourth-order valence-electron chi connectivity index (χ4n) is 1.39. The Morgan fingerprint density at radius 2 is 2.00 bits per heavy atom. The van der Waals surface area contributed by atoms with Crippen LogP contribution >= 0.6 is 34.9 Å². The first-order chi connectivity index (χ1) is 10.8. The molecule has 23 heavy (non-hydrogen) atoms. The van der Waals surface area contributed by atoms with Crippen molar-refractivity contribution in [2.75, 3.05) is 11.5 Å². The Balaban J connectivity index is 2.51. The zero-order valence-electron chi connectivity index (χ0n) is 12.1. The maximum Gasteiger partial charge on any atom is 0.327 e. The van der Waals surface area contributed by atoms with E-state index in [-0.39, 0.29) is 16.6 Å². The molecule has 1 rings (SSSR count). The Kier molecular flexibility index (Phi) is 8.13. The average Bonchev–Trinajstić information content (AvgIpc) is 2.99. The molecule has 0 aromatic carbocycles. The van der Waals surface area contributed by atoms with Gasteiger partial charge in [-0.2, -0.15) is 0 Å². The van der Waals surface area contributed by atoms with E-state index in [9.17, 15) is 19.2 Å². The highest BCUT2D eigenvalue weighted by Gasteiger charge is 2.25. The molecule has 3 N–H and O–H groups in total. The molecule has 0 radical (unpaired) electrons. The van der Waals surface area contributed by atoms with Gasteiger partial charge in [-0.1, -0.05) is 17.8 Å². The van der Waals surface area contributed by atoms with Gasteiger partial charge in [-0.3, -0.25) is 14.4 Å². The largest absolute Gasteiger partial charge is 0.481 e. The van der Waals surface area contributed by atoms with Gasteiger partial charge in [-0.05, 0) is 18.4 Å². The van der Waals surface area contributed by atoms with Gasteiger partial charge in [0.2, 0.25) is 11.0 Å². The summed E-state index contributed by atoms with van der Waals surface area (Å²) >= 11 is 2.97. The molecule has 0 aliphatic rings. The van der Waals surface area contributed by atoms with Crippen molar-refractivity contribution >= 4 is 57.8 Å². The lowest BCUT2D eigenvalue weighted by molar-refractivity contribution is -0.141. The smallest absolute Gasteiger partial charge is 0.327 e. The van der Waals surface area contributed by atoms with E-state index in [0.717, 1.165) is 23.5 Å². The fourth-order valence-corrected chi connectivity index (χ4v) is 3.67. The van der Waals surface area contributed by atoms with E-state index in [4.69, 9.17) is 10.2 Å². The molecule has 0 aliphatic heterocycles. The topological polar surface area (TPSA) is 121 Å². The first-order valence-corrected chi connectivity index (χ1v) is 9.30. The van der Waals surface area contributed by atoms with Gasteiger partial charge in [0.25, 0.3) is 0 Å². The second kappa shape index (κ2) is 9.58. The molecule has 1 aromatic heterocycles. The van der Waals surface area contributed by atoms with Crippen LogP contribution in [0.1, 0.15) is 16.6 Å². The van der Waals surface area contributed by atoms with E-state index in [2.05, 4.69) is 5.32 Å². The van der Waals surface area contributed by atoms with Crippen molar-refractivity contribution in [3.8, 4) is 0 Å². The lowest BCUT2D eigenvalue weighted by Gasteiger charge is -2.16. The lowest BCUT2D eigenvalue weighted by Crippen LogP contribution is -2.45. The van der Waals surface area contributed by atoms with Crippen LogP contribution in [0.4, 0.5) is 0 Å². The lowest BCUT2D eigenvalue weighted by atomic mass is 10.3. The van der Waals surface area contributed by atoms with Gasteiger partial charge in [-0.25, -0.2) is 4.79 Å². The summed E-state index contributed by atoms with van der Waals surface area (Å²) < 4.78 is 0. The van der Waals surface area contributed by atoms with Crippen molar-refractivity contribution in [3.63, 3.8) is 0 Å². The number of rotatable bonds is 9. The van der Waals surface area contributed by atoms with E-state index in [1.54, 1.807) is 17.5 Å². The van der Waals surface area contributed by atoms with Crippen LogP contribution in [0.5, 0.6) is 0 Å². The summed E-state index contributed by atoms with van der Waals surface area (Å²) in [5.74, 6) is -3.21. The molecule has 126 valence electrons. The van der Waals surface area contributed by atoms with Crippen LogP contribution < -0.4 is 5.32 Å². The molecule has 0 fully saturated rings. The average molecular weight is 377 g/mol. The van der Waals surface area contributed by atoms with E-state index in [1.807, 2.05) is 0 Å². The van der Waals surface area contributed by atoms with Crippen LogP contribution in [-0.2, 0) is 14.4 Å². The number of carboxylic acids is 2. The van der Waals surface area contributed by atoms with Gasteiger partial charge in [-0.15, -0.1) is 23.1 Å². The SMILES string of the molecule is CC(SC(=O)c1cccs1)C(=O)N[C@@H](CSCC(=O)O)C(=O)O. The minimum absolute atomic E-state index is 0.0658. The molecule has 1 heterocycles. The molecule has 0 aliphatic carbocycles. The molecule has 0 bridgehead atoms. The number of carboxylic acid groups (broad SMARTS) is 2. The molecule has 1 amide bonds. The summed E-state index contributed by atoms with van der Waals surface area (Å²) in [7, 11) is 0. The van der Waals surface area contributed by atoms with Crippen molar-refractivity contribution in [2.24, 2.45) is 0 Å². The summed E-state index contributed by atoms with van der Waals surface area (Å²) in [6, 6.07) is 2.17. The number of thioether (sulfide) groups is 2. The summed E-state index contributed by atoms with van der Waals surface area (Å²) in [6.07, 6.45) is 0. The van der Waals surface area contributed by atoms with Crippen LogP contribution in [0.15, 0.2) is 17.5 Å². The third-order valence-corrected chi connectivity index (χ3v) is 5.52. The van der Waals surface area contributed by atoms with Gasteiger partial charge in [0.1, 0.15) is 6.04 Å². The van der Waals surface area contributed by atoms with Crippen LogP contribution in [0.2, 0.25) is 0 Å². The Labute approximate surface area is 144 Å². The predicted octanol–water partition coefficient (Wildman–Crippen LogP) is 1.40. The number of thiophene rings is 1. The Morgan fingerprint density at radius 3 is 2.52 bits per heavy atom. The minimum Gasteiger partial charge on any atom is -0.481 e. The third-order valence-electron chi connectivity index (χ3n) is 2.50. The Morgan fingerprint density at radius 1 is 1.30 bits per heavy atom. The number of hydrogen-bond acceptors (Lipinski definition) is 7. The van der Waals surface area contributed by atoms with Crippen molar-refractivity contribution in [3.05, 3.63) is 22.4 Å². The van der Waals surface area contributed by atoms with Crippen LogP contribution in [0.3, 0.4) is 0 Å². The number of carbonyl (C=O) groups is 4. The summed E-state index contributed by atoms with van der Waals surface area (Å²) in [5.41, 5.74) is 0. The second-order valence-corrected chi connectivity index (χ2v) is 7.62. The zero-order valence-corrected chi connectivity index (χ0v) is 14.5. The highest BCUT2D eigenvalue weighted by molar-refractivity contribution is 8.15. The molecule has 2 atom stereocenters. The first-order valence-electron chi connectivity index (χ1n) is 6.38. The maximum atomic E-state index is 12.0. The molecular formula is C13H15NO6S3. The molecule has 0 spiro atoms. The Hall–Kier alpha value is -1.52. The number of nitrogens with one attached hydrogen (secondary N) is 1. The summed E-state index contributed by atoms with van der Waals surface area (Å²) in [6.45, 7) is 1.51. The molecule has 1 unspecified atom stereocenters. The number of hydrogen-bond donors (Lipinski definition) is 3. The number of carbonyl (C=O) groups excluding carboxylic acids is 2. The fraction of sp³-hybridized carbons (Fsp3) is 0.385. The maximum absolute atomic E-state index is 12.0. The summed E-state index contributed by atoms with van der Waals surface area (Å²) in [5, 5.41) is 20.6. The van der Waals surface area contributed by atoms with Crippen molar-refractivity contribution in [1.82, 2.24) is 5.32 Å². The van der Waals surface area contributed by atoms with Crippen LogP contribution in [-0.4, -0.2) is 56.0 Å². The Bertz CT molecular complexity index is 574. The zero-order chi connectivity index (χ0) is 17.4. The standard InChI is InChI=1S/C13H15NO6S3/c1-7(23-13(20)9-3-2-4-22-9)11(17)14-8(12(18)19)5-21-6-10(15)16/h2-4,7-8H,5-6H2,1H3,(H,14,17)(H,15,16)(H,18,19)/t7?,8-/m0/s1. The highest BCUT2D eigenvalue weighted by atomic mass is 32.2. The minimum atomic E-state index is -1.25. The van der Waals surface area contributed by atoms with Gasteiger partial charge in [0, 0.05) is 5.75 Å². The summed E-state index contributed by atoms with van der Waals surface area (Å²) in [4.78, 5) is 45.9. The quantitative estimate of drug-likeness (QED) is 0.590. The first kappa shape index (κ1) is 19.5. The molecule has 1 aromatic rings. The normalized spacial score (nSPS) is 13.1. The van der Waals surface area contributed by atoms with E-state index in [1.165, 1.54) is 18.3 Å². The highest BCUT2D eigenvalue weighted by Crippen LogP contribution is 2.21. The van der Waals surface area contributed by atoms with Crippen LogP contribution in [0.25, 0.3) is 0 Å². The van der Waals surface area contributed by atoms with Gasteiger partial charge < -0.3 is 15.5 Å². The van der Waals surface area contributed by atoms with Gasteiger partial charge in [0.05, 0.1) is 15.9 Å². The molecule has 0 saturated carbocycles. The predicted molar refractivity (Wildman–Crippen MR) is 90.2 cm³/mol. The van der Waals surface area contributed by atoms with E-state index < -0.39 is 29.1 Å². The van der Waals surface area contributed by atoms with Gasteiger partial charge >= 0.3 is 11.9 Å². The molecule has 0 saturated heterocycles.